The normalized spacial score (nSPS) is 18.2. The summed E-state index contributed by atoms with van der Waals surface area (Å²) >= 11 is 0. The molecule has 0 radical (unpaired) electrons. The Hall–Kier alpha value is -2.00. The summed E-state index contributed by atoms with van der Waals surface area (Å²) in [6, 6.07) is 17.6. The molecule has 0 spiro atoms. The number of rotatable bonds is 5. The fourth-order valence-corrected chi connectivity index (χ4v) is 2.51. The molecule has 0 aliphatic carbocycles. The summed E-state index contributed by atoms with van der Waals surface area (Å²) in [4.78, 5) is 0. The van der Waals surface area contributed by atoms with Crippen LogP contribution in [0.25, 0.3) is 0 Å². The highest BCUT2D eigenvalue weighted by atomic mass is 16.5. The summed E-state index contributed by atoms with van der Waals surface area (Å²) in [6.07, 6.45) is 2.50. The van der Waals surface area contributed by atoms with E-state index < -0.39 is 0 Å². The molecule has 3 heteroatoms. The van der Waals surface area contributed by atoms with E-state index in [4.69, 9.17) is 9.47 Å². The maximum atomic E-state index is 5.86. The first-order valence-corrected chi connectivity index (χ1v) is 7.56. The molecule has 2 aromatic carbocycles. The van der Waals surface area contributed by atoms with E-state index in [2.05, 4.69) is 5.32 Å². The molecule has 1 aliphatic rings. The molecule has 0 amide bonds. The van der Waals surface area contributed by atoms with Crippen LogP contribution >= 0.6 is 0 Å². The molecule has 1 N–H and O–H groups in total. The van der Waals surface area contributed by atoms with Crippen molar-refractivity contribution in [1.29, 1.82) is 0 Å². The van der Waals surface area contributed by atoms with Crippen LogP contribution in [0.1, 0.15) is 12.8 Å². The Labute approximate surface area is 125 Å². The van der Waals surface area contributed by atoms with Crippen molar-refractivity contribution in [2.75, 3.05) is 19.7 Å². The Kier molecular flexibility index (Phi) is 4.74. The van der Waals surface area contributed by atoms with E-state index in [9.17, 15) is 0 Å². The third-order valence-corrected chi connectivity index (χ3v) is 3.69. The minimum Gasteiger partial charge on any atom is -0.493 e. The molecule has 110 valence electrons. The van der Waals surface area contributed by atoms with Gasteiger partial charge in [0.15, 0.2) is 0 Å². The van der Waals surface area contributed by atoms with Crippen LogP contribution in [0.4, 0.5) is 0 Å². The van der Waals surface area contributed by atoms with Crippen LogP contribution in [0.15, 0.2) is 54.6 Å². The van der Waals surface area contributed by atoms with E-state index in [0.717, 1.165) is 36.9 Å². The molecule has 0 saturated carbocycles. The fourth-order valence-electron chi connectivity index (χ4n) is 2.51. The van der Waals surface area contributed by atoms with E-state index in [1.54, 1.807) is 0 Å². The lowest BCUT2D eigenvalue weighted by Crippen LogP contribution is -2.33. The average Bonchev–Trinajstić information content (AvgIpc) is 2.56. The van der Waals surface area contributed by atoms with Gasteiger partial charge in [0.2, 0.25) is 0 Å². The second kappa shape index (κ2) is 7.14. The van der Waals surface area contributed by atoms with Crippen molar-refractivity contribution in [3.63, 3.8) is 0 Å². The summed E-state index contributed by atoms with van der Waals surface area (Å²) in [5.41, 5.74) is 0. The molecule has 21 heavy (non-hydrogen) atoms. The molecular formula is C18H21NO2. The van der Waals surface area contributed by atoms with E-state index in [-0.39, 0.29) is 0 Å². The number of hydrogen-bond donors (Lipinski definition) is 1. The van der Waals surface area contributed by atoms with Gasteiger partial charge in [-0.05, 0) is 55.8 Å². The Morgan fingerprint density at radius 2 is 1.62 bits per heavy atom. The largest absolute Gasteiger partial charge is 0.493 e. The standard InChI is InChI=1S/C18H21NO2/c1-2-6-17(7-3-1)21-18-10-8-16(9-11-18)20-14-15-5-4-12-19-13-15/h1-3,6-11,15,19H,4-5,12-14H2/t15-/m0/s1. The van der Waals surface area contributed by atoms with Crippen LogP contribution in [0.5, 0.6) is 17.2 Å². The van der Waals surface area contributed by atoms with Crippen molar-refractivity contribution in [3.8, 4) is 17.2 Å². The van der Waals surface area contributed by atoms with Crippen LogP contribution in [0.3, 0.4) is 0 Å². The highest BCUT2D eigenvalue weighted by Gasteiger charge is 2.13. The lowest BCUT2D eigenvalue weighted by atomic mass is 10.0. The zero-order chi connectivity index (χ0) is 14.3. The summed E-state index contributed by atoms with van der Waals surface area (Å²) in [5.74, 6) is 3.20. The van der Waals surface area contributed by atoms with Crippen LogP contribution in [-0.4, -0.2) is 19.7 Å². The maximum Gasteiger partial charge on any atom is 0.127 e. The van der Waals surface area contributed by atoms with Crippen LogP contribution in [0, 0.1) is 5.92 Å². The number of hydrogen-bond acceptors (Lipinski definition) is 3. The lowest BCUT2D eigenvalue weighted by Gasteiger charge is -2.22. The molecule has 3 rings (SSSR count). The van der Waals surface area contributed by atoms with Crippen LogP contribution in [-0.2, 0) is 0 Å². The van der Waals surface area contributed by atoms with E-state index in [0.29, 0.717) is 5.92 Å². The maximum absolute atomic E-state index is 5.86. The minimum absolute atomic E-state index is 0.624. The van der Waals surface area contributed by atoms with Gasteiger partial charge in [-0.3, -0.25) is 0 Å². The highest BCUT2D eigenvalue weighted by Crippen LogP contribution is 2.24. The number of nitrogens with one attached hydrogen (secondary N) is 1. The van der Waals surface area contributed by atoms with Gasteiger partial charge >= 0.3 is 0 Å². The molecule has 1 aliphatic heterocycles. The Bertz CT molecular complexity index is 533. The van der Waals surface area contributed by atoms with Crippen molar-refractivity contribution in [3.05, 3.63) is 54.6 Å². The molecule has 3 nitrogen and oxygen atoms in total. The first-order chi connectivity index (χ1) is 10.4. The molecule has 1 heterocycles. The van der Waals surface area contributed by atoms with Gasteiger partial charge in [-0.25, -0.2) is 0 Å². The van der Waals surface area contributed by atoms with Crippen molar-refractivity contribution in [2.45, 2.75) is 12.8 Å². The van der Waals surface area contributed by atoms with Gasteiger partial charge in [0.25, 0.3) is 0 Å². The van der Waals surface area contributed by atoms with Gasteiger partial charge in [0.05, 0.1) is 6.61 Å². The van der Waals surface area contributed by atoms with Crippen molar-refractivity contribution in [1.82, 2.24) is 5.32 Å². The first-order valence-electron chi connectivity index (χ1n) is 7.56. The Morgan fingerprint density at radius 1 is 0.905 bits per heavy atom. The topological polar surface area (TPSA) is 30.5 Å². The smallest absolute Gasteiger partial charge is 0.127 e. The number of piperidine rings is 1. The van der Waals surface area contributed by atoms with Crippen molar-refractivity contribution >= 4 is 0 Å². The summed E-state index contributed by atoms with van der Waals surface area (Å²) in [5, 5.41) is 3.41. The quantitative estimate of drug-likeness (QED) is 0.904. The summed E-state index contributed by atoms with van der Waals surface area (Å²) < 4.78 is 11.6. The second-order valence-electron chi connectivity index (χ2n) is 5.41. The third kappa shape index (κ3) is 4.23. The van der Waals surface area contributed by atoms with Gasteiger partial charge in [-0.15, -0.1) is 0 Å². The van der Waals surface area contributed by atoms with Crippen molar-refractivity contribution < 1.29 is 9.47 Å². The first kappa shape index (κ1) is 14.0. The molecule has 1 saturated heterocycles. The van der Waals surface area contributed by atoms with Gasteiger partial charge in [-0.2, -0.15) is 0 Å². The monoisotopic (exact) mass is 283 g/mol. The molecule has 0 aromatic heterocycles. The van der Waals surface area contributed by atoms with E-state index >= 15 is 0 Å². The zero-order valence-electron chi connectivity index (χ0n) is 12.1. The number of ether oxygens (including phenoxy) is 2. The molecule has 0 unspecified atom stereocenters. The van der Waals surface area contributed by atoms with Crippen LogP contribution < -0.4 is 14.8 Å². The molecule has 1 fully saturated rings. The average molecular weight is 283 g/mol. The van der Waals surface area contributed by atoms with E-state index in [1.807, 2.05) is 54.6 Å². The van der Waals surface area contributed by atoms with Crippen molar-refractivity contribution in [2.24, 2.45) is 5.92 Å². The minimum atomic E-state index is 0.624. The van der Waals surface area contributed by atoms with Crippen LogP contribution in [0.2, 0.25) is 0 Å². The third-order valence-electron chi connectivity index (χ3n) is 3.69. The van der Waals surface area contributed by atoms with Gasteiger partial charge in [0, 0.05) is 12.5 Å². The van der Waals surface area contributed by atoms with Gasteiger partial charge in [-0.1, -0.05) is 18.2 Å². The lowest BCUT2D eigenvalue weighted by molar-refractivity contribution is 0.218. The fraction of sp³-hybridized carbons (Fsp3) is 0.333. The zero-order valence-corrected chi connectivity index (χ0v) is 12.1. The number of para-hydroxylation sites is 1. The highest BCUT2D eigenvalue weighted by molar-refractivity contribution is 5.35. The molecular weight excluding hydrogens is 262 g/mol. The Balaban J connectivity index is 1.51. The predicted molar refractivity (Wildman–Crippen MR) is 84.0 cm³/mol. The second-order valence-corrected chi connectivity index (χ2v) is 5.41. The molecule has 1 atom stereocenters. The Morgan fingerprint density at radius 3 is 2.33 bits per heavy atom. The SMILES string of the molecule is c1ccc(Oc2ccc(OC[C@H]3CCCNC3)cc2)cc1. The van der Waals surface area contributed by atoms with Gasteiger partial charge in [0.1, 0.15) is 17.2 Å². The summed E-state index contributed by atoms with van der Waals surface area (Å²) in [7, 11) is 0. The predicted octanol–water partition coefficient (Wildman–Crippen LogP) is 3.86. The molecule has 2 aromatic rings. The summed E-state index contributed by atoms with van der Waals surface area (Å²) in [6.45, 7) is 2.99. The van der Waals surface area contributed by atoms with E-state index in [1.165, 1.54) is 12.8 Å². The van der Waals surface area contributed by atoms with Gasteiger partial charge < -0.3 is 14.8 Å². The molecule has 0 bridgehead atoms. The number of benzene rings is 2.